The van der Waals surface area contributed by atoms with Crippen LogP contribution in [0, 0.1) is 27.7 Å². The van der Waals surface area contributed by atoms with Crippen LogP contribution in [0.3, 0.4) is 0 Å². The highest BCUT2D eigenvalue weighted by Gasteiger charge is 2.21. The second kappa shape index (κ2) is 10.4. The molecular formula is C54H36N2. The first-order chi connectivity index (χ1) is 27.4. The van der Waals surface area contributed by atoms with Gasteiger partial charge >= 0.3 is 0 Å². The topological polar surface area (TPSA) is 9.86 Å². The van der Waals surface area contributed by atoms with Crippen molar-refractivity contribution in [2.45, 2.75) is 27.7 Å². The molecule has 0 atom stereocenters. The molecule has 0 aliphatic heterocycles. The molecule has 0 aliphatic carbocycles. The molecule has 2 heteroatoms. The largest absolute Gasteiger partial charge is 0.313 e. The molecule has 262 valence electrons. The smallest absolute Gasteiger partial charge is 0.0613 e. The molecule has 2 aromatic heterocycles. The summed E-state index contributed by atoms with van der Waals surface area (Å²) in [5.74, 6) is 0. The third kappa shape index (κ3) is 3.72. The molecular weight excluding hydrogens is 677 g/mol. The van der Waals surface area contributed by atoms with Gasteiger partial charge in [-0.2, -0.15) is 0 Å². The Morgan fingerprint density at radius 2 is 0.643 bits per heavy atom. The molecule has 0 amide bonds. The van der Waals surface area contributed by atoms with Crippen molar-refractivity contribution in [3.63, 3.8) is 0 Å². The molecule has 0 fully saturated rings. The van der Waals surface area contributed by atoms with Crippen molar-refractivity contribution in [3.8, 4) is 11.4 Å². The minimum atomic E-state index is 1.20. The summed E-state index contributed by atoms with van der Waals surface area (Å²) in [5.41, 5.74) is 10.3. The van der Waals surface area contributed by atoms with Gasteiger partial charge in [0.15, 0.2) is 0 Å². The number of rotatable bonds is 2. The fraction of sp³-hybridized carbons (Fsp3) is 0.0741. The quantitative estimate of drug-likeness (QED) is 0.158. The molecule has 0 bridgehead atoms. The predicted octanol–water partition coefficient (Wildman–Crippen LogP) is 14.9. The number of aromatic nitrogens is 2. The Morgan fingerprint density at radius 3 is 1.07 bits per heavy atom. The normalized spacial score (nSPS) is 12.6. The van der Waals surface area contributed by atoms with E-state index in [0.717, 1.165) is 0 Å². The van der Waals surface area contributed by atoms with Crippen molar-refractivity contribution >= 4 is 108 Å². The van der Waals surface area contributed by atoms with Gasteiger partial charge < -0.3 is 9.13 Å². The Labute approximate surface area is 323 Å². The summed E-state index contributed by atoms with van der Waals surface area (Å²) >= 11 is 0. The predicted molar refractivity (Wildman–Crippen MR) is 241 cm³/mol. The zero-order valence-electron chi connectivity index (χ0n) is 31.8. The van der Waals surface area contributed by atoms with Crippen molar-refractivity contribution in [3.05, 3.63) is 168 Å². The van der Waals surface area contributed by atoms with E-state index in [-0.39, 0.29) is 0 Å². The van der Waals surface area contributed by atoms with Gasteiger partial charge in [0.2, 0.25) is 0 Å². The zero-order chi connectivity index (χ0) is 37.1. The monoisotopic (exact) mass is 712 g/mol. The van der Waals surface area contributed by atoms with Gasteiger partial charge in [0.1, 0.15) is 0 Å². The van der Waals surface area contributed by atoms with E-state index in [1.54, 1.807) is 0 Å². The molecule has 2 nitrogen and oxygen atoms in total. The number of aryl methyl sites for hydroxylation is 2. The molecule has 0 N–H and O–H groups in total. The first kappa shape index (κ1) is 30.4. The lowest BCUT2D eigenvalue weighted by atomic mass is 9.92. The van der Waals surface area contributed by atoms with E-state index in [1.165, 1.54) is 142 Å². The van der Waals surface area contributed by atoms with Crippen LogP contribution in [-0.4, -0.2) is 9.13 Å². The number of hydrogen-bond acceptors (Lipinski definition) is 0. The van der Waals surface area contributed by atoms with Gasteiger partial charge in [-0.1, -0.05) is 109 Å². The van der Waals surface area contributed by atoms with E-state index >= 15 is 0 Å². The molecule has 11 aromatic carbocycles. The van der Waals surface area contributed by atoms with Gasteiger partial charge in [0.05, 0.1) is 11.0 Å². The van der Waals surface area contributed by atoms with E-state index in [1.807, 2.05) is 0 Å². The maximum absolute atomic E-state index is 2.50. The summed E-state index contributed by atoms with van der Waals surface area (Å²) in [5, 5.41) is 23.6. The van der Waals surface area contributed by atoms with Crippen molar-refractivity contribution in [2.24, 2.45) is 0 Å². The van der Waals surface area contributed by atoms with Gasteiger partial charge in [-0.15, -0.1) is 0 Å². The Bertz CT molecular complexity index is 3570. The Balaban J connectivity index is 1.00. The van der Waals surface area contributed by atoms with Crippen LogP contribution in [0.25, 0.3) is 119 Å². The van der Waals surface area contributed by atoms with Crippen LogP contribution >= 0.6 is 0 Å². The number of hydrogen-bond donors (Lipinski definition) is 0. The molecule has 0 radical (unpaired) electrons. The van der Waals surface area contributed by atoms with Crippen LogP contribution in [0.5, 0.6) is 0 Å². The van der Waals surface area contributed by atoms with Gasteiger partial charge in [-0.3, -0.25) is 0 Å². The van der Waals surface area contributed by atoms with Gasteiger partial charge in [-0.05, 0) is 151 Å². The summed E-state index contributed by atoms with van der Waals surface area (Å²) in [7, 11) is 0. The third-order valence-electron chi connectivity index (χ3n) is 13.6. The second-order valence-corrected chi connectivity index (χ2v) is 16.2. The minimum Gasteiger partial charge on any atom is -0.313 e. The maximum Gasteiger partial charge on any atom is 0.0613 e. The van der Waals surface area contributed by atoms with E-state index < -0.39 is 0 Å². The number of benzene rings is 11. The average Bonchev–Trinajstić information content (AvgIpc) is 3.64. The Kier molecular flexibility index (Phi) is 5.67. The molecule has 0 spiro atoms. The molecule has 0 saturated heterocycles. The van der Waals surface area contributed by atoms with Crippen LogP contribution < -0.4 is 0 Å². The van der Waals surface area contributed by atoms with E-state index in [2.05, 4.69) is 182 Å². The molecule has 13 aromatic rings. The fourth-order valence-corrected chi connectivity index (χ4v) is 10.7. The average molecular weight is 713 g/mol. The van der Waals surface area contributed by atoms with E-state index in [0.29, 0.717) is 0 Å². The standard InChI is InChI=1S/C54H36N2/c1-29-31(3)55(53-45-21-17-35-9-5-7-33-11-15-39(27-47(29)53)51(45)49(33)35)41-19-23-43-37(25-41)13-14-38-26-42(20-24-44(38)43)56-32(4)30(2)48-28-40-16-12-34-8-6-10-36-18-22-46(54(48)56)52(40)50(34)36/h5-28H,1-4H3. The van der Waals surface area contributed by atoms with Crippen LogP contribution in [0.2, 0.25) is 0 Å². The summed E-state index contributed by atoms with van der Waals surface area (Å²) in [4.78, 5) is 0. The lowest BCUT2D eigenvalue weighted by Gasteiger charge is -2.16. The zero-order valence-corrected chi connectivity index (χ0v) is 31.8. The van der Waals surface area contributed by atoms with Crippen LogP contribution in [0.4, 0.5) is 0 Å². The number of nitrogens with zero attached hydrogens (tertiary/aromatic N) is 2. The van der Waals surface area contributed by atoms with Crippen molar-refractivity contribution in [2.75, 3.05) is 0 Å². The first-order valence-corrected chi connectivity index (χ1v) is 19.8. The molecule has 2 heterocycles. The highest BCUT2D eigenvalue weighted by Crippen LogP contribution is 2.44. The SMILES string of the molecule is Cc1c(C)n(-c2ccc3c(ccc4cc(-n5c(C)c(C)c6cc7ccc8cccc9ccc(c7c89)c65)ccc43)c2)c2c1cc1ccc3cccc4ccc2c1c34. The second-order valence-electron chi connectivity index (χ2n) is 16.2. The van der Waals surface area contributed by atoms with Crippen molar-refractivity contribution < 1.29 is 0 Å². The summed E-state index contributed by atoms with van der Waals surface area (Å²) in [6, 6.07) is 55.3. The highest BCUT2D eigenvalue weighted by molar-refractivity contribution is 6.30. The molecule has 13 rings (SSSR count). The number of fused-ring (bicyclic) bond motifs is 7. The van der Waals surface area contributed by atoms with Crippen LogP contribution in [0.15, 0.2) is 146 Å². The minimum absolute atomic E-state index is 1.20. The van der Waals surface area contributed by atoms with Crippen molar-refractivity contribution in [1.29, 1.82) is 0 Å². The summed E-state index contributed by atoms with van der Waals surface area (Å²) in [6.45, 7) is 9.11. The maximum atomic E-state index is 2.50. The van der Waals surface area contributed by atoms with Gasteiger partial charge in [0, 0.05) is 44.3 Å². The molecule has 0 aliphatic rings. The van der Waals surface area contributed by atoms with Gasteiger partial charge in [-0.25, -0.2) is 0 Å². The highest BCUT2D eigenvalue weighted by atomic mass is 15.0. The molecule has 0 unspecified atom stereocenters. The molecule has 0 saturated carbocycles. The Hall–Kier alpha value is -6.90. The lowest BCUT2D eigenvalue weighted by Crippen LogP contribution is -1.99. The lowest BCUT2D eigenvalue weighted by molar-refractivity contribution is 1.04. The first-order valence-electron chi connectivity index (χ1n) is 19.8. The Morgan fingerprint density at radius 1 is 0.286 bits per heavy atom. The summed E-state index contributed by atoms with van der Waals surface area (Å²) in [6.07, 6.45) is 0. The van der Waals surface area contributed by atoms with E-state index in [4.69, 9.17) is 0 Å². The van der Waals surface area contributed by atoms with Crippen molar-refractivity contribution in [1.82, 2.24) is 9.13 Å². The van der Waals surface area contributed by atoms with Crippen LogP contribution in [0.1, 0.15) is 22.5 Å². The third-order valence-corrected chi connectivity index (χ3v) is 13.6. The van der Waals surface area contributed by atoms with E-state index in [9.17, 15) is 0 Å². The van der Waals surface area contributed by atoms with Crippen LogP contribution in [-0.2, 0) is 0 Å². The molecule has 56 heavy (non-hydrogen) atoms. The fourth-order valence-electron chi connectivity index (χ4n) is 10.7. The van der Waals surface area contributed by atoms with Gasteiger partial charge in [0.25, 0.3) is 0 Å². The summed E-state index contributed by atoms with van der Waals surface area (Å²) < 4.78 is 5.00.